The third-order valence-corrected chi connectivity index (χ3v) is 5.85. The van der Waals surface area contributed by atoms with Crippen LogP contribution >= 0.6 is 0 Å². The molecule has 0 spiro atoms. The molecule has 0 aromatic heterocycles. The average Bonchev–Trinajstić information content (AvgIpc) is 3.23. The van der Waals surface area contributed by atoms with Gasteiger partial charge < -0.3 is 10.6 Å². The Morgan fingerprint density at radius 2 is 1.96 bits per heavy atom. The summed E-state index contributed by atoms with van der Waals surface area (Å²) in [6.07, 6.45) is 2.51. The van der Waals surface area contributed by atoms with Crippen LogP contribution in [0.5, 0.6) is 0 Å². The Hall–Kier alpha value is -3.21. The van der Waals surface area contributed by atoms with Crippen molar-refractivity contribution in [3.8, 4) is 11.1 Å². The van der Waals surface area contributed by atoms with Gasteiger partial charge in [0.15, 0.2) is 0 Å². The lowest BCUT2D eigenvalue weighted by atomic mass is 9.87. The molecule has 0 saturated carbocycles. The number of anilines is 1. The van der Waals surface area contributed by atoms with Crippen LogP contribution in [0.25, 0.3) is 16.7 Å². The molecule has 1 aliphatic heterocycles. The van der Waals surface area contributed by atoms with E-state index in [-0.39, 0.29) is 11.5 Å². The van der Waals surface area contributed by atoms with Crippen LogP contribution in [0.4, 0.5) is 10.1 Å². The van der Waals surface area contributed by atoms with E-state index in [2.05, 4.69) is 6.58 Å². The summed E-state index contributed by atoms with van der Waals surface area (Å²) in [6, 6.07) is 6.84. The molecule has 142 valence electrons. The summed E-state index contributed by atoms with van der Waals surface area (Å²) in [5.41, 5.74) is 12.3. The standard InChI is InChI=1S/C23H21FN2O2/c1-4-20(27)26-9-8-14-15(6-5-7-19(14)26)22-18(24)11-17(23(25)28)16-10-12(2)13(3)21(16)22/h4-7,11H,1,8-10H2,2-3H3,(H2,25,28). The van der Waals surface area contributed by atoms with Gasteiger partial charge in [-0.05, 0) is 72.7 Å². The molecular formula is C23H21FN2O2. The van der Waals surface area contributed by atoms with Gasteiger partial charge in [0.25, 0.3) is 0 Å². The molecule has 2 N–H and O–H groups in total. The van der Waals surface area contributed by atoms with Crippen molar-refractivity contribution in [3.63, 3.8) is 0 Å². The number of carbonyl (C=O) groups excluding carboxylic acids is 2. The van der Waals surface area contributed by atoms with Crippen LogP contribution in [0.3, 0.4) is 0 Å². The van der Waals surface area contributed by atoms with E-state index in [0.717, 1.165) is 39.1 Å². The first kappa shape index (κ1) is 18.2. The van der Waals surface area contributed by atoms with Crippen molar-refractivity contribution in [2.24, 2.45) is 5.73 Å². The quantitative estimate of drug-likeness (QED) is 0.823. The molecule has 0 saturated heterocycles. The number of halogens is 1. The van der Waals surface area contributed by atoms with E-state index in [1.807, 2.05) is 32.0 Å². The van der Waals surface area contributed by atoms with E-state index in [4.69, 9.17) is 5.73 Å². The molecule has 5 heteroatoms. The summed E-state index contributed by atoms with van der Waals surface area (Å²) in [7, 11) is 0. The van der Waals surface area contributed by atoms with E-state index < -0.39 is 11.7 Å². The SMILES string of the molecule is C=CC(=O)N1CCc2c(-c3c(F)cc(C(N)=O)c4c3C(C)=C(C)C4)cccc21. The molecule has 1 aliphatic carbocycles. The molecule has 2 aliphatic rings. The fourth-order valence-electron chi connectivity index (χ4n) is 4.39. The van der Waals surface area contributed by atoms with Crippen LogP contribution in [0.1, 0.15) is 40.9 Å². The number of carbonyl (C=O) groups is 2. The van der Waals surface area contributed by atoms with Gasteiger partial charge in [-0.1, -0.05) is 24.3 Å². The van der Waals surface area contributed by atoms with Gasteiger partial charge >= 0.3 is 0 Å². The minimum absolute atomic E-state index is 0.169. The minimum Gasteiger partial charge on any atom is -0.366 e. The normalized spacial score (nSPS) is 14.9. The van der Waals surface area contributed by atoms with Gasteiger partial charge in [-0.2, -0.15) is 0 Å². The predicted molar refractivity (Wildman–Crippen MR) is 109 cm³/mol. The largest absolute Gasteiger partial charge is 0.366 e. The lowest BCUT2D eigenvalue weighted by Gasteiger charge is -2.19. The second-order valence-corrected chi connectivity index (χ2v) is 7.33. The summed E-state index contributed by atoms with van der Waals surface area (Å²) >= 11 is 0. The van der Waals surface area contributed by atoms with Gasteiger partial charge in [0.1, 0.15) is 5.82 Å². The molecule has 0 bridgehead atoms. The Balaban J connectivity index is 2.00. The maximum Gasteiger partial charge on any atom is 0.250 e. The Kier molecular flexibility index (Phi) is 4.18. The zero-order valence-corrected chi connectivity index (χ0v) is 15.9. The van der Waals surface area contributed by atoms with Crippen LogP contribution < -0.4 is 10.6 Å². The Bertz CT molecular complexity index is 1100. The van der Waals surface area contributed by atoms with Gasteiger partial charge in [-0.3, -0.25) is 9.59 Å². The Labute approximate surface area is 163 Å². The molecule has 4 rings (SSSR count). The van der Waals surface area contributed by atoms with Crippen LogP contribution in [0.15, 0.2) is 42.5 Å². The van der Waals surface area contributed by atoms with Crippen LogP contribution in [-0.2, 0) is 17.6 Å². The van der Waals surface area contributed by atoms with E-state index in [1.54, 1.807) is 4.90 Å². The molecule has 28 heavy (non-hydrogen) atoms. The minimum atomic E-state index is -0.620. The number of primary amides is 1. The number of rotatable bonds is 3. The third-order valence-electron chi connectivity index (χ3n) is 5.85. The van der Waals surface area contributed by atoms with Crippen LogP contribution in [0, 0.1) is 5.82 Å². The van der Waals surface area contributed by atoms with Gasteiger partial charge in [0.05, 0.1) is 0 Å². The molecule has 2 aromatic rings. The predicted octanol–water partition coefficient (Wildman–Crippen LogP) is 4.02. The molecule has 1 heterocycles. The highest BCUT2D eigenvalue weighted by Gasteiger charge is 2.31. The maximum absolute atomic E-state index is 15.3. The maximum atomic E-state index is 15.3. The zero-order valence-electron chi connectivity index (χ0n) is 15.9. The second-order valence-electron chi connectivity index (χ2n) is 7.33. The molecule has 2 aromatic carbocycles. The third kappa shape index (κ3) is 2.50. The summed E-state index contributed by atoms with van der Waals surface area (Å²) in [5, 5.41) is 0. The smallest absolute Gasteiger partial charge is 0.250 e. The fraction of sp³-hybridized carbons (Fsp3) is 0.217. The van der Waals surface area contributed by atoms with E-state index in [0.29, 0.717) is 24.9 Å². The molecule has 0 unspecified atom stereocenters. The highest BCUT2D eigenvalue weighted by atomic mass is 19.1. The van der Waals surface area contributed by atoms with E-state index >= 15 is 4.39 Å². The highest BCUT2D eigenvalue weighted by Crippen LogP contribution is 2.45. The first-order valence-corrected chi connectivity index (χ1v) is 9.23. The number of hydrogen-bond donors (Lipinski definition) is 1. The van der Waals surface area contributed by atoms with Crippen molar-refractivity contribution in [2.75, 3.05) is 11.4 Å². The van der Waals surface area contributed by atoms with Crippen molar-refractivity contribution in [2.45, 2.75) is 26.7 Å². The molecule has 0 fully saturated rings. The van der Waals surface area contributed by atoms with Crippen molar-refractivity contribution in [3.05, 3.63) is 70.6 Å². The molecular weight excluding hydrogens is 355 g/mol. The Morgan fingerprint density at radius 3 is 2.64 bits per heavy atom. The van der Waals surface area contributed by atoms with Gasteiger partial charge in [-0.25, -0.2) is 4.39 Å². The average molecular weight is 376 g/mol. The molecule has 0 radical (unpaired) electrons. The van der Waals surface area contributed by atoms with Crippen LogP contribution in [-0.4, -0.2) is 18.4 Å². The van der Waals surface area contributed by atoms with Crippen molar-refractivity contribution < 1.29 is 14.0 Å². The number of allylic oxidation sites excluding steroid dienone is 2. The summed E-state index contributed by atoms with van der Waals surface area (Å²) < 4.78 is 15.3. The number of fused-ring (bicyclic) bond motifs is 2. The Morgan fingerprint density at radius 1 is 1.21 bits per heavy atom. The van der Waals surface area contributed by atoms with Gasteiger partial charge in [-0.15, -0.1) is 0 Å². The number of nitrogens with zero attached hydrogens (tertiary/aromatic N) is 1. The second kappa shape index (κ2) is 6.44. The summed E-state index contributed by atoms with van der Waals surface area (Å²) in [6.45, 7) is 8.04. The van der Waals surface area contributed by atoms with Crippen molar-refractivity contribution in [1.82, 2.24) is 0 Å². The van der Waals surface area contributed by atoms with Gasteiger partial charge in [0.2, 0.25) is 11.8 Å². The molecule has 0 atom stereocenters. The summed E-state index contributed by atoms with van der Waals surface area (Å²) in [4.78, 5) is 25.7. The number of hydrogen-bond acceptors (Lipinski definition) is 2. The number of amides is 2. The van der Waals surface area contributed by atoms with Gasteiger partial charge in [0, 0.05) is 23.4 Å². The first-order chi connectivity index (χ1) is 13.3. The molecule has 2 amide bonds. The topological polar surface area (TPSA) is 63.4 Å². The number of nitrogens with two attached hydrogens (primary N) is 1. The van der Waals surface area contributed by atoms with Crippen molar-refractivity contribution in [1.29, 1.82) is 0 Å². The zero-order chi connectivity index (χ0) is 20.2. The fourth-order valence-corrected chi connectivity index (χ4v) is 4.39. The highest BCUT2D eigenvalue weighted by molar-refractivity contribution is 6.04. The number of benzene rings is 2. The van der Waals surface area contributed by atoms with Crippen molar-refractivity contribution >= 4 is 23.1 Å². The van der Waals surface area contributed by atoms with E-state index in [9.17, 15) is 9.59 Å². The monoisotopic (exact) mass is 376 g/mol. The lowest BCUT2D eigenvalue weighted by Crippen LogP contribution is -2.26. The van der Waals surface area contributed by atoms with E-state index in [1.165, 1.54) is 12.1 Å². The lowest BCUT2D eigenvalue weighted by molar-refractivity contribution is -0.114. The molecule has 4 nitrogen and oxygen atoms in total. The van der Waals surface area contributed by atoms with Crippen LogP contribution in [0.2, 0.25) is 0 Å². The first-order valence-electron chi connectivity index (χ1n) is 9.23. The summed E-state index contributed by atoms with van der Waals surface area (Å²) in [5.74, 6) is -1.26.